The van der Waals surface area contributed by atoms with Crippen LogP contribution in [0.15, 0.2) is 5.38 Å². The van der Waals surface area contributed by atoms with Gasteiger partial charge in [0.15, 0.2) is 5.69 Å². The van der Waals surface area contributed by atoms with Gasteiger partial charge in [-0.25, -0.2) is 0 Å². The molecule has 0 bridgehead atoms. The lowest BCUT2D eigenvalue weighted by molar-refractivity contribution is 0.0958. The molecule has 0 atom stereocenters. The van der Waals surface area contributed by atoms with Crippen LogP contribution < -0.4 is 5.32 Å². The van der Waals surface area contributed by atoms with Crippen molar-refractivity contribution in [2.24, 2.45) is 0 Å². The first-order valence-electron chi connectivity index (χ1n) is 2.33. The van der Waals surface area contributed by atoms with Crippen molar-refractivity contribution >= 4 is 17.4 Å². The van der Waals surface area contributed by atoms with E-state index in [0.717, 1.165) is 11.5 Å². The van der Waals surface area contributed by atoms with Gasteiger partial charge >= 0.3 is 0 Å². The van der Waals surface area contributed by atoms with Gasteiger partial charge < -0.3 is 5.32 Å². The first-order chi connectivity index (χ1) is 4.34. The number of nitrogens with one attached hydrogen (secondary N) is 1. The van der Waals surface area contributed by atoms with Gasteiger partial charge in [0.1, 0.15) is 0 Å². The van der Waals surface area contributed by atoms with Gasteiger partial charge in [0.05, 0.1) is 0 Å². The summed E-state index contributed by atoms with van der Waals surface area (Å²) in [6, 6.07) is 0. The maximum Gasteiger partial charge on any atom is 0.272 e. The molecular formula is C4H5N3OS. The molecule has 48 valence electrons. The summed E-state index contributed by atoms with van der Waals surface area (Å²) in [7, 11) is 1.56. The molecule has 0 unspecified atom stereocenters. The summed E-state index contributed by atoms with van der Waals surface area (Å²) in [6.45, 7) is 0. The highest BCUT2D eigenvalue weighted by Crippen LogP contribution is 1.94. The molecule has 1 aromatic rings. The van der Waals surface area contributed by atoms with Crippen LogP contribution in [0.1, 0.15) is 10.5 Å². The highest BCUT2D eigenvalue weighted by molar-refractivity contribution is 7.03. The number of nitrogens with zero attached hydrogens (tertiary/aromatic N) is 2. The molecule has 4 nitrogen and oxygen atoms in total. The minimum Gasteiger partial charge on any atom is -0.354 e. The molecule has 1 rings (SSSR count). The standard InChI is InChI=1S/C4H5N3OS/c1-5-4(8)3-2-9-7-6-3/h2H,1H3,(H,5,8). The zero-order valence-corrected chi connectivity index (χ0v) is 5.60. The Labute approximate surface area is 56.1 Å². The number of carbonyl (C=O) groups is 1. The van der Waals surface area contributed by atoms with Crippen molar-refractivity contribution in [1.29, 1.82) is 0 Å². The monoisotopic (exact) mass is 143 g/mol. The summed E-state index contributed by atoms with van der Waals surface area (Å²) >= 11 is 1.16. The van der Waals surface area contributed by atoms with Crippen LogP contribution in [0.5, 0.6) is 0 Å². The largest absolute Gasteiger partial charge is 0.354 e. The molecule has 1 heterocycles. The van der Waals surface area contributed by atoms with Crippen molar-refractivity contribution in [2.45, 2.75) is 0 Å². The number of amides is 1. The van der Waals surface area contributed by atoms with Crippen molar-refractivity contribution in [2.75, 3.05) is 7.05 Å². The normalized spacial score (nSPS) is 9.00. The van der Waals surface area contributed by atoms with E-state index in [-0.39, 0.29) is 5.91 Å². The van der Waals surface area contributed by atoms with Gasteiger partial charge in [-0.15, -0.1) is 5.10 Å². The van der Waals surface area contributed by atoms with Crippen molar-refractivity contribution < 1.29 is 4.79 Å². The number of carbonyl (C=O) groups excluding carboxylic acids is 1. The summed E-state index contributed by atoms with van der Waals surface area (Å²) < 4.78 is 3.52. The Morgan fingerprint density at radius 2 is 2.67 bits per heavy atom. The van der Waals surface area contributed by atoms with Crippen LogP contribution in [0.3, 0.4) is 0 Å². The van der Waals surface area contributed by atoms with Crippen molar-refractivity contribution in [3.05, 3.63) is 11.1 Å². The number of hydrogen-bond acceptors (Lipinski definition) is 4. The van der Waals surface area contributed by atoms with Crippen LogP contribution in [0, 0.1) is 0 Å². The minimum absolute atomic E-state index is 0.191. The molecule has 1 amide bonds. The fraction of sp³-hybridized carbons (Fsp3) is 0.250. The quantitative estimate of drug-likeness (QED) is 0.597. The second kappa shape index (κ2) is 2.54. The summed E-state index contributed by atoms with van der Waals surface area (Å²) in [6.07, 6.45) is 0. The Hall–Kier alpha value is -0.970. The van der Waals surface area contributed by atoms with Crippen LogP contribution in [-0.2, 0) is 0 Å². The summed E-state index contributed by atoms with van der Waals surface area (Å²) in [5, 5.41) is 7.57. The Balaban J connectivity index is 2.77. The maximum absolute atomic E-state index is 10.7. The smallest absolute Gasteiger partial charge is 0.272 e. The molecule has 5 heteroatoms. The second-order valence-electron chi connectivity index (χ2n) is 1.37. The van der Waals surface area contributed by atoms with E-state index in [1.54, 1.807) is 12.4 Å². The Bertz CT molecular complexity index is 196. The van der Waals surface area contributed by atoms with Crippen LogP contribution in [0.25, 0.3) is 0 Å². The topological polar surface area (TPSA) is 54.9 Å². The Morgan fingerprint density at radius 3 is 3.11 bits per heavy atom. The van der Waals surface area contributed by atoms with Crippen LogP contribution in [-0.4, -0.2) is 22.5 Å². The van der Waals surface area contributed by atoms with E-state index in [1.807, 2.05) is 0 Å². The zero-order chi connectivity index (χ0) is 6.69. The predicted octanol–water partition coefficient (Wildman–Crippen LogP) is -0.102. The van der Waals surface area contributed by atoms with E-state index < -0.39 is 0 Å². The zero-order valence-electron chi connectivity index (χ0n) is 4.79. The van der Waals surface area contributed by atoms with Gasteiger partial charge in [-0.05, 0) is 11.5 Å². The lowest BCUT2D eigenvalue weighted by Crippen LogP contribution is -2.17. The van der Waals surface area contributed by atoms with E-state index in [2.05, 4.69) is 14.9 Å². The third-order valence-corrected chi connectivity index (χ3v) is 1.32. The van der Waals surface area contributed by atoms with Gasteiger partial charge in [-0.2, -0.15) is 0 Å². The van der Waals surface area contributed by atoms with Gasteiger partial charge in [-0.1, -0.05) is 4.49 Å². The molecule has 0 spiro atoms. The molecule has 0 radical (unpaired) electrons. The van der Waals surface area contributed by atoms with E-state index in [4.69, 9.17) is 0 Å². The van der Waals surface area contributed by atoms with E-state index >= 15 is 0 Å². The Kier molecular flexibility index (Phi) is 1.74. The average Bonchev–Trinajstić information content (AvgIpc) is 2.37. The fourth-order valence-electron chi connectivity index (χ4n) is 0.392. The van der Waals surface area contributed by atoms with Gasteiger partial charge in [0, 0.05) is 12.4 Å². The van der Waals surface area contributed by atoms with Gasteiger partial charge in [-0.3, -0.25) is 4.79 Å². The first kappa shape index (κ1) is 6.15. The summed E-state index contributed by atoms with van der Waals surface area (Å²) in [4.78, 5) is 10.7. The average molecular weight is 143 g/mol. The van der Waals surface area contributed by atoms with E-state index in [0.29, 0.717) is 5.69 Å². The van der Waals surface area contributed by atoms with Crippen molar-refractivity contribution in [3.8, 4) is 0 Å². The molecule has 0 saturated heterocycles. The molecule has 0 aromatic carbocycles. The molecule has 0 aliphatic rings. The molecule has 0 aliphatic carbocycles. The van der Waals surface area contributed by atoms with Crippen LogP contribution in [0.2, 0.25) is 0 Å². The second-order valence-corrected chi connectivity index (χ2v) is 1.98. The number of hydrogen-bond donors (Lipinski definition) is 1. The lowest BCUT2D eigenvalue weighted by atomic mass is 10.5. The SMILES string of the molecule is CNC(=O)c1csnn1. The van der Waals surface area contributed by atoms with Crippen molar-refractivity contribution in [3.63, 3.8) is 0 Å². The number of rotatable bonds is 1. The highest BCUT2D eigenvalue weighted by atomic mass is 32.1. The maximum atomic E-state index is 10.7. The van der Waals surface area contributed by atoms with Gasteiger partial charge in [0.2, 0.25) is 0 Å². The van der Waals surface area contributed by atoms with E-state index in [9.17, 15) is 4.79 Å². The lowest BCUT2D eigenvalue weighted by Gasteiger charge is -1.88. The first-order valence-corrected chi connectivity index (χ1v) is 3.17. The van der Waals surface area contributed by atoms with Gasteiger partial charge in [0.25, 0.3) is 5.91 Å². The minimum atomic E-state index is -0.191. The third kappa shape index (κ3) is 1.23. The molecular weight excluding hydrogens is 138 g/mol. The Morgan fingerprint density at radius 1 is 1.89 bits per heavy atom. The third-order valence-electron chi connectivity index (χ3n) is 0.820. The fourth-order valence-corrected chi connectivity index (χ4v) is 0.828. The molecule has 9 heavy (non-hydrogen) atoms. The highest BCUT2D eigenvalue weighted by Gasteiger charge is 2.03. The van der Waals surface area contributed by atoms with Crippen LogP contribution >= 0.6 is 11.5 Å². The predicted molar refractivity (Wildman–Crippen MR) is 33.3 cm³/mol. The number of aromatic nitrogens is 2. The summed E-state index contributed by atoms with van der Waals surface area (Å²) in [5.74, 6) is -0.191. The molecule has 1 aromatic heterocycles. The molecule has 1 N–H and O–H groups in total. The summed E-state index contributed by atoms with van der Waals surface area (Å²) in [5.41, 5.74) is 0.377. The molecule has 0 saturated carbocycles. The van der Waals surface area contributed by atoms with Crippen molar-refractivity contribution in [1.82, 2.24) is 14.9 Å². The van der Waals surface area contributed by atoms with Crippen LogP contribution in [0.4, 0.5) is 0 Å². The van der Waals surface area contributed by atoms with E-state index in [1.165, 1.54) is 0 Å². The molecule has 0 fully saturated rings. The molecule has 0 aliphatic heterocycles.